The van der Waals surface area contributed by atoms with Crippen molar-refractivity contribution in [2.45, 2.75) is 46.7 Å². The second-order valence-electron chi connectivity index (χ2n) is 5.11. The van der Waals surface area contributed by atoms with Crippen LogP contribution in [0.25, 0.3) is 0 Å². The lowest BCUT2D eigenvalue weighted by Gasteiger charge is -2.08. The SMILES string of the molecule is CCOCCCn1c(CCn2nc(C)c(Br)c2C)n[nH]c1=S. The van der Waals surface area contributed by atoms with E-state index >= 15 is 0 Å². The average Bonchev–Trinajstić information content (AvgIpc) is 2.97. The highest BCUT2D eigenvalue weighted by Crippen LogP contribution is 2.19. The van der Waals surface area contributed by atoms with Gasteiger partial charge in [0.15, 0.2) is 4.77 Å². The largest absolute Gasteiger partial charge is 0.382 e. The summed E-state index contributed by atoms with van der Waals surface area (Å²) in [5.74, 6) is 0.963. The molecule has 0 bridgehead atoms. The van der Waals surface area contributed by atoms with Crippen LogP contribution in [0.3, 0.4) is 0 Å². The molecule has 0 saturated carbocycles. The first kappa shape index (κ1) is 17.4. The van der Waals surface area contributed by atoms with Crippen LogP contribution in [0.15, 0.2) is 4.47 Å². The summed E-state index contributed by atoms with van der Waals surface area (Å²) >= 11 is 8.86. The molecule has 0 aliphatic heterocycles. The first-order valence-electron chi connectivity index (χ1n) is 7.46. The van der Waals surface area contributed by atoms with Crippen molar-refractivity contribution in [3.05, 3.63) is 26.5 Å². The van der Waals surface area contributed by atoms with E-state index in [1.54, 1.807) is 0 Å². The summed E-state index contributed by atoms with van der Waals surface area (Å²) in [7, 11) is 0. The van der Waals surface area contributed by atoms with Crippen molar-refractivity contribution in [3.8, 4) is 0 Å². The average molecular weight is 388 g/mol. The van der Waals surface area contributed by atoms with E-state index in [9.17, 15) is 0 Å². The number of aromatic nitrogens is 5. The minimum atomic E-state index is 0.668. The Balaban J connectivity index is 2.00. The maximum Gasteiger partial charge on any atom is 0.195 e. The standard InChI is InChI=1S/C14H22BrN5OS/c1-4-21-9-5-7-19-12(16-17-14(19)22)6-8-20-11(3)13(15)10(2)18-20/h4-9H2,1-3H3,(H,17,22). The van der Waals surface area contributed by atoms with E-state index in [-0.39, 0.29) is 0 Å². The predicted octanol–water partition coefficient (Wildman–Crippen LogP) is 3.19. The van der Waals surface area contributed by atoms with Gasteiger partial charge in [-0.05, 0) is 55.3 Å². The third-order valence-electron chi connectivity index (χ3n) is 3.55. The number of aryl methyl sites for hydroxylation is 3. The summed E-state index contributed by atoms with van der Waals surface area (Å²) < 4.78 is 11.2. The molecule has 0 aliphatic rings. The Hall–Kier alpha value is -0.990. The fraction of sp³-hybridized carbons (Fsp3) is 0.643. The molecule has 22 heavy (non-hydrogen) atoms. The van der Waals surface area contributed by atoms with Gasteiger partial charge in [0.2, 0.25) is 0 Å². The van der Waals surface area contributed by atoms with Crippen LogP contribution in [0.4, 0.5) is 0 Å². The molecule has 0 fully saturated rings. The second-order valence-corrected chi connectivity index (χ2v) is 6.28. The Morgan fingerprint density at radius 2 is 2.09 bits per heavy atom. The van der Waals surface area contributed by atoms with E-state index in [0.717, 1.165) is 60.8 Å². The van der Waals surface area contributed by atoms with Crippen LogP contribution in [0.5, 0.6) is 0 Å². The molecule has 0 aliphatic carbocycles. The van der Waals surface area contributed by atoms with Crippen molar-refractivity contribution in [2.75, 3.05) is 13.2 Å². The minimum absolute atomic E-state index is 0.668. The molecule has 6 nitrogen and oxygen atoms in total. The van der Waals surface area contributed by atoms with Crippen LogP contribution < -0.4 is 0 Å². The van der Waals surface area contributed by atoms with Crippen LogP contribution in [0.2, 0.25) is 0 Å². The molecule has 0 spiro atoms. The molecule has 2 rings (SSSR count). The van der Waals surface area contributed by atoms with Gasteiger partial charge in [0.05, 0.1) is 10.2 Å². The zero-order valence-electron chi connectivity index (χ0n) is 13.2. The number of ether oxygens (including phenoxy) is 1. The highest BCUT2D eigenvalue weighted by molar-refractivity contribution is 9.10. The molecule has 2 heterocycles. The molecule has 2 aromatic heterocycles. The van der Waals surface area contributed by atoms with E-state index in [1.165, 1.54) is 0 Å². The van der Waals surface area contributed by atoms with Gasteiger partial charge >= 0.3 is 0 Å². The van der Waals surface area contributed by atoms with Crippen molar-refractivity contribution in [1.29, 1.82) is 0 Å². The highest BCUT2D eigenvalue weighted by Gasteiger charge is 2.11. The Labute approximate surface area is 144 Å². The van der Waals surface area contributed by atoms with Gasteiger partial charge in [0, 0.05) is 38.4 Å². The summed E-state index contributed by atoms with van der Waals surface area (Å²) in [6.07, 6.45) is 1.72. The molecule has 0 atom stereocenters. The van der Waals surface area contributed by atoms with Gasteiger partial charge in [-0.1, -0.05) is 0 Å². The van der Waals surface area contributed by atoms with Crippen molar-refractivity contribution >= 4 is 28.1 Å². The van der Waals surface area contributed by atoms with Gasteiger partial charge in [0.1, 0.15) is 5.82 Å². The Kier molecular flexibility index (Phi) is 6.34. The third-order valence-corrected chi connectivity index (χ3v) is 5.01. The second kappa shape index (κ2) is 8.03. The van der Waals surface area contributed by atoms with Gasteiger partial charge < -0.3 is 9.30 Å². The number of hydrogen-bond acceptors (Lipinski definition) is 4. The Bertz CT molecular complexity index is 675. The first-order valence-corrected chi connectivity index (χ1v) is 8.66. The van der Waals surface area contributed by atoms with Crippen LogP contribution in [-0.4, -0.2) is 37.8 Å². The summed E-state index contributed by atoms with van der Waals surface area (Å²) in [5.41, 5.74) is 2.14. The fourth-order valence-corrected chi connectivity index (χ4v) is 2.87. The Morgan fingerprint density at radius 3 is 2.73 bits per heavy atom. The number of hydrogen-bond donors (Lipinski definition) is 1. The molecular weight excluding hydrogens is 366 g/mol. The van der Waals surface area contributed by atoms with Crippen molar-refractivity contribution in [1.82, 2.24) is 24.5 Å². The number of nitrogens with zero attached hydrogens (tertiary/aromatic N) is 4. The maximum absolute atomic E-state index is 5.38. The van der Waals surface area contributed by atoms with Crippen LogP contribution in [-0.2, 0) is 24.2 Å². The minimum Gasteiger partial charge on any atom is -0.382 e. The predicted molar refractivity (Wildman–Crippen MR) is 91.6 cm³/mol. The number of aromatic amines is 1. The summed E-state index contributed by atoms with van der Waals surface area (Å²) in [5, 5.41) is 11.7. The van der Waals surface area contributed by atoms with E-state index < -0.39 is 0 Å². The molecule has 2 aromatic rings. The summed E-state index contributed by atoms with van der Waals surface area (Å²) in [4.78, 5) is 0. The third kappa shape index (κ3) is 4.05. The van der Waals surface area contributed by atoms with Crippen molar-refractivity contribution in [2.24, 2.45) is 0 Å². The van der Waals surface area contributed by atoms with E-state index in [0.29, 0.717) is 4.77 Å². The van der Waals surface area contributed by atoms with Gasteiger partial charge in [0.25, 0.3) is 0 Å². The van der Waals surface area contributed by atoms with Crippen LogP contribution in [0.1, 0.15) is 30.6 Å². The lowest BCUT2D eigenvalue weighted by atomic mass is 10.3. The summed E-state index contributed by atoms with van der Waals surface area (Å²) in [6, 6.07) is 0. The lowest BCUT2D eigenvalue weighted by molar-refractivity contribution is 0.141. The van der Waals surface area contributed by atoms with E-state index in [4.69, 9.17) is 17.0 Å². The molecule has 0 saturated heterocycles. The van der Waals surface area contributed by atoms with Crippen LogP contribution >= 0.6 is 28.1 Å². The molecular formula is C14H22BrN5OS. The Morgan fingerprint density at radius 1 is 1.32 bits per heavy atom. The monoisotopic (exact) mass is 387 g/mol. The molecule has 8 heteroatoms. The smallest absolute Gasteiger partial charge is 0.195 e. The molecule has 0 aromatic carbocycles. The molecule has 1 N–H and O–H groups in total. The van der Waals surface area contributed by atoms with Crippen molar-refractivity contribution < 1.29 is 4.74 Å². The quantitative estimate of drug-likeness (QED) is 0.557. The fourth-order valence-electron chi connectivity index (χ4n) is 2.34. The van der Waals surface area contributed by atoms with Gasteiger partial charge in [-0.3, -0.25) is 9.78 Å². The van der Waals surface area contributed by atoms with Gasteiger partial charge in [-0.25, -0.2) is 0 Å². The zero-order chi connectivity index (χ0) is 16.1. The number of rotatable bonds is 8. The van der Waals surface area contributed by atoms with Gasteiger partial charge in [-0.2, -0.15) is 10.2 Å². The van der Waals surface area contributed by atoms with E-state index in [2.05, 4.69) is 42.7 Å². The zero-order valence-corrected chi connectivity index (χ0v) is 15.6. The molecule has 122 valence electrons. The first-order chi connectivity index (χ1) is 10.5. The number of nitrogens with one attached hydrogen (secondary N) is 1. The number of halogens is 1. The topological polar surface area (TPSA) is 60.7 Å². The summed E-state index contributed by atoms with van der Waals surface area (Å²) in [6.45, 7) is 9.15. The highest BCUT2D eigenvalue weighted by atomic mass is 79.9. The maximum atomic E-state index is 5.38. The van der Waals surface area contributed by atoms with Gasteiger partial charge in [-0.15, -0.1) is 0 Å². The number of H-pyrrole nitrogens is 1. The molecule has 0 radical (unpaired) electrons. The molecule has 0 amide bonds. The van der Waals surface area contributed by atoms with Crippen LogP contribution in [0, 0.1) is 18.6 Å². The lowest BCUT2D eigenvalue weighted by Crippen LogP contribution is -2.11. The van der Waals surface area contributed by atoms with E-state index in [1.807, 2.05) is 18.5 Å². The normalized spacial score (nSPS) is 11.3. The van der Waals surface area contributed by atoms with Crippen molar-refractivity contribution in [3.63, 3.8) is 0 Å². The molecule has 0 unspecified atom stereocenters.